The van der Waals surface area contributed by atoms with Gasteiger partial charge in [-0.1, -0.05) is 48.5 Å². The van der Waals surface area contributed by atoms with Crippen molar-refractivity contribution in [1.29, 1.82) is 0 Å². The van der Waals surface area contributed by atoms with Gasteiger partial charge in [-0.3, -0.25) is 4.99 Å². The number of rotatable bonds is 1. The fourth-order valence-electron chi connectivity index (χ4n) is 2.33. The minimum Gasteiger partial charge on any atom is -0.275 e. The molecule has 0 atom stereocenters. The molecule has 0 saturated heterocycles. The monoisotopic (exact) mass is 261 g/mol. The molecule has 0 aromatic heterocycles. The van der Waals surface area contributed by atoms with Crippen LogP contribution in [0.15, 0.2) is 53.5 Å². The highest BCUT2D eigenvalue weighted by Crippen LogP contribution is 2.36. The molecular weight excluding hydrogens is 251 g/mol. The van der Waals surface area contributed by atoms with Gasteiger partial charge in [0.2, 0.25) is 0 Å². The van der Waals surface area contributed by atoms with E-state index in [1.807, 2.05) is 48.5 Å². The molecule has 2 aromatic carbocycles. The smallest absolute Gasteiger partial charge is 0.275 e. The van der Waals surface area contributed by atoms with Crippen LogP contribution in [-0.4, -0.2) is 18.4 Å². The lowest BCUT2D eigenvalue weighted by Crippen LogP contribution is -2.14. The van der Waals surface area contributed by atoms with E-state index in [9.17, 15) is 13.2 Å². The molecule has 4 heteroatoms. The lowest BCUT2D eigenvalue weighted by molar-refractivity contribution is -0.118. The summed E-state index contributed by atoms with van der Waals surface area (Å²) >= 11 is 0. The average molecular weight is 261 g/mol. The molecular formula is C15H10F3N. The second-order valence-electron chi connectivity index (χ2n) is 4.37. The van der Waals surface area contributed by atoms with Gasteiger partial charge >= 0.3 is 6.18 Å². The Morgan fingerprint density at radius 3 is 1.58 bits per heavy atom. The summed E-state index contributed by atoms with van der Waals surface area (Å²) in [6.45, 7) is -1.15. The Labute approximate surface area is 108 Å². The number of hydrogen-bond acceptors (Lipinski definition) is 1. The predicted molar refractivity (Wildman–Crippen MR) is 68.4 cm³/mol. The van der Waals surface area contributed by atoms with E-state index in [0.717, 1.165) is 22.3 Å². The van der Waals surface area contributed by atoms with E-state index in [1.165, 1.54) is 0 Å². The first kappa shape index (κ1) is 12.0. The van der Waals surface area contributed by atoms with Crippen LogP contribution in [-0.2, 0) is 0 Å². The molecule has 19 heavy (non-hydrogen) atoms. The van der Waals surface area contributed by atoms with Gasteiger partial charge in [-0.25, -0.2) is 0 Å². The maximum Gasteiger partial charge on any atom is 0.407 e. The SMILES string of the molecule is FC(F)(F)CN=C1c2ccccc2-c2ccccc21. The summed E-state index contributed by atoms with van der Waals surface area (Å²) in [5.74, 6) is 0. The number of alkyl halides is 3. The maximum atomic E-state index is 12.4. The van der Waals surface area contributed by atoms with Crippen molar-refractivity contribution in [1.82, 2.24) is 0 Å². The molecule has 1 nitrogen and oxygen atoms in total. The van der Waals surface area contributed by atoms with Crippen molar-refractivity contribution in [3.63, 3.8) is 0 Å². The van der Waals surface area contributed by atoms with Crippen LogP contribution in [0.4, 0.5) is 13.2 Å². The fourth-order valence-corrected chi connectivity index (χ4v) is 2.33. The Morgan fingerprint density at radius 1 is 0.737 bits per heavy atom. The summed E-state index contributed by atoms with van der Waals surface area (Å²) < 4.78 is 37.1. The molecule has 1 aliphatic rings. The van der Waals surface area contributed by atoms with E-state index >= 15 is 0 Å². The first-order valence-corrected chi connectivity index (χ1v) is 5.87. The summed E-state index contributed by atoms with van der Waals surface area (Å²) in [4.78, 5) is 3.77. The molecule has 0 spiro atoms. The molecule has 3 rings (SSSR count). The highest BCUT2D eigenvalue weighted by Gasteiger charge is 2.29. The lowest BCUT2D eigenvalue weighted by atomic mass is 10.1. The third-order valence-electron chi connectivity index (χ3n) is 3.07. The zero-order valence-corrected chi connectivity index (χ0v) is 9.91. The van der Waals surface area contributed by atoms with Crippen molar-refractivity contribution in [2.45, 2.75) is 6.18 Å². The minimum absolute atomic E-state index is 0.434. The highest BCUT2D eigenvalue weighted by atomic mass is 19.4. The van der Waals surface area contributed by atoms with Crippen LogP contribution in [0.1, 0.15) is 11.1 Å². The van der Waals surface area contributed by atoms with E-state index in [4.69, 9.17) is 0 Å². The average Bonchev–Trinajstić information content (AvgIpc) is 2.70. The predicted octanol–water partition coefficient (Wildman–Crippen LogP) is 4.07. The van der Waals surface area contributed by atoms with Gasteiger partial charge < -0.3 is 0 Å². The van der Waals surface area contributed by atoms with Crippen LogP contribution in [0.3, 0.4) is 0 Å². The minimum atomic E-state index is -4.28. The Hall–Kier alpha value is -2.10. The molecule has 0 aliphatic heterocycles. The van der Waals surface area contributed by atoms with Crippen LogP contribution in [0, 0.1) is 0 Å². The van der Waals surface area contributed by atoms with Gasteiger partial charge in [0, 0.05) is 11.1 Å². The van der Waals surface area contributed by atoms with Gasteiger partial charge in [-0.05, 0) is 11.1 Å². The molecule has 0 bridgehead atoms. The zero-order valence-electron chi connectivity index (χ0n) is 9.91. The third-order valence-corrected chi connectivity index (χ3v) is 3.07. The molecule has 0 amide bonds. The van der Waals surface area contributed by atoms with Crippen LogP contribution < -0.4 is 0 Å². The van der Waals surface area contributed by atoms with Crippen molar-refractivity contribution in [3.05, 3.63) is 59.7 Å². The van der Waals surface area contributed by atoms with Crippen molar-refractivity contribution < 1.29 is 13.2 Å². The molecule has 0 N–H and O–H groups in total. The van der Waals surface area contributed by atoms with Crippen LogP contribution in [0.5, 0.6) is 0 Å². The van der Waals surface area contributed by atoms with E-state index < -0.39 is 12.7 Å². The topological polar surface area (TPSA) is 12.4 Å². The van der Waals surface area contributed by atoms with Crippen molar-refractivity contribution in [2.24, 2.45) is 4.99 Å². The largest absolute Gasteiger partial charge is 0.407 e. The molecule has 2 aromatic rings. The fraction of sp³-hybridized carbons (Fsp3) is 0.133. The Balaban J connectivity index is 2.15. The van der Waals surface area contributed by atoms with Crippen LogP contribution >= 0.6 is 0 Å². The zero-order chi connectivity index (χ0) is 13.5. The number of hydrogen-bond donors (Lipinski definition) is 0. The quantitative estimate of drug-likeness (QED) is 0.626. The highest BCUT2D eigenvalue weighted by molar-refractivity contribution is 6.24. The van der Waals surface area contributed by atoms with E-state index in [-0.39, 0.29) is 0 Å². The van der Waals surface area contributed by atoms with Crippen LogP contribution in [0.25, 0.3) is 11.1 Å². The second-order valence-corrected chi connectivity index (χ2v) is 4.37. The van der Waals surface area contributed by atoms with Gasteiger partial charge in [0.1, 0.15) is 6.54 Å². The molecule has 1 aliphatic carbocycles. The molecule has 96 valence electrons. The first-order chi connectivity index (χ1) is 9.06. The summed E-state index contributed by atoms with van der Waals surface area (Å²) in [6.07, 6.45) is -4.28. The van der Waals surface area contributed by atoms with E-state index in [2.05, 4.69) is 4.99 Å². The Morgan fingerprint density at radius 2 is 1.16 bits per heavy atom. The summed E-state index contributed by atoms with van der Waals surface area (Å²) in [6, 6.07) is 14.8. The maximum absolute atomic E-state index is 12.4. The van der Waals surface area contributed by atoms with Gasteiger partial charge in [-0.15, -0.1) is 0 Å². The van der Waals surface area contributed by atoms with E-state index in [0.29, 0.717) is 5.71 Å². The number of fused-ring (bicyclic) bond motifs is 3. The summed E-state index contributed by atoms with van der Waals surface area (Å²) in [7, 11) is 0. The summed E-state index contributed by atoms with van der Waals surface area (Å²) in [5.41, 5.74) is 3.86. The normalized spacial score (nSPS) is 13.1. The lowest BCUT2D eigenvalue weighted by Gasteiger charge is -2.05. The standard InChI is InChI=1S/C15H10F3N/c16-15(17,18)9-19-14-12-7-3-1-5-10(12)11-6-2-4-8-13(11)14/h1-8H,9H2. The van der Waals surface area contributed by atoms with Crippen molar-refractivity contribution in [3.8, 4) is 11.1 Å². The number of benzene rings is 2. The Bertz CT molecular complexity index is 609. The number of aliphatic imine (C=N–C) groups is 1. The second kappa shape index (κ2) is 4.23. The van der Waals surface area contributed by atoms with Crippen molar-refractivity contribution in [2.75, 3.05) is 6.54 Å². The molecule has 0 radical (unpaired) electrons. The third kappa shape index (κ3) is 2.14. The summed E-state index contributed by atoms with van der Waals surface area (Å²) in [5, 5.41) is 0. The number of nitrogens with zero attached hydrogens (tertiary/aromatic N) is 1. The van der Waals surface area contributed by atoms with Gasteiger partial charge in [0.05, 0.1) is 5.71 Å². The van der Waals surface area contributed by atoms with Gasteiger partial charge in [0.25, 0.3) is 0 Å². The van der Waals surface area contributed by atoms with Gasteiger partial charge in [0.15, 0.2) is 0 Å². The molecule has 0 unspecified atom stereocenters. The first-order valence-electron chi connectivity index (χ1n) is 5.87. The van der Waals surface area contributed by atoms with Crippen molar-refractivity contribution >= 4 is 5.71 Å². The van der Waals surface area contributed by atoms with Gasteiger partial charge in [-0.2, -0.15) is 13.2 Å². The van der Waals surface area contributed by atoms with E-state index in [1.54, 1.807) is 0 Å². The number of halogens is 3. The molecule has 0 fully saturated rings. The molecule has 0 heterocycles. The van der Waals surface area contributed by atoms with Crippen LogP contribution in [0.2, 0.25) is 0 Å². The Kier molecular flexibility index (Phi) is 2.66. The molecule has 0 saturated carbocycles.